The van der Waals surface area contributed by atoms with Gasteiger partial charge in [-0.05, 0) is 18.1 Å². The van der Waals surface area contributed by atoms with Gasteiger partial charge in [-0.25, -0.2) is 0 Å². The molecule has 0 bridgehead atoms. The van der Waals surface area contributed by atoms with Gasteiger partial charge in [0.25, 0.3) is 0 Å². The Bertz CT molecular complexity index is 783. The van der Waals surface area contributed by atoms with Crippen molar-refractivity contribution < 1.29 is 19.5 Å². The number of hydrogen-bond acceptors (Lipinski definition) is 4. The number of ketones is 1. The summed E-state index contributed by atoms with van der Waals surface area (Å²) >= 11 is 0.682. The van der Waals surface area contributed by atoms with Crippen LogP contribution >= 0.6 is 11.8 Å². The van der Waals surface area contributed by atoms with E-state index in [-0.39, 0.29) is 10.9 Å². The van der Waals surface area contributed by atoms with Crippen LogP contribution in [0.3, 0.4) is 0 Å². The number of carbonyl (C=O) groups excluding carboxylic acids is 2. The first-order chi connectivity index (χ1) is 11.8. The standard InChI is InChI=1S/C20H20O4S/c1-13(20(3,19(23)24)25-14(2)21)18(22)17-11-9-16(10-12-17)15-7-5-4-6-8-15/h4-13H,1-3H3,(H,23,24). The van der Waals surface area contributed by atoms with Gasteiger partial charge < -0.3 is 5.11 Å². The molecule has 1 N–H and O–H groups in total. The molecule has 25 heavy (non-hydrogen) atoms. The molecule has 0 spiro atoms. The lowest BCUT2D eigenvalue weighted by atomic mass is 9.87. The predicted molar refractivity (Wildman–Crippen MR) is 99.7 cm³/mol. The van der Waals surface area contributed by atoms with Gasteiger partial charge >= 0.3 is 5.97 Å². The summed E-state index contributed by atoms with van der Waals surface area (Å²) in [7, 11) is 0. The van der Waals surface area contributed by atoms with E-state index in [0.717, 1.165) is 11.1 Å². The number of hydrogen-bond donors (Lipinski definition) is 1. The third-order valence-corrected chi connectivity index (χ3v) is 5.52. The van der Waals surface area contributed by atoms with E-state index in [1.165, 1.54) is 13.8 Å². The smallest absolute Gasteiger partial charge is 0.320 e. The summed E-state index contributed by atoms with van der Waals surface area (Å²) in [5.41, 5.74) is 2.45. The van der Waals surface area contributed by atoms with Crippen molar-refractivity contribution in [2.24, 2.45) is 5.92 Å². The number of benzene rings is 2. The van der Waals surface area contributed by atoms with Crippen molar-refractivity contribution in [1.82, 2.24) is 0 Å². The second-order valence-corrected chi connectivity index (χ2v) is 7.66. The average molecular weight is 356 g/mol. The maximum Gasteiger partial charge on any atom is 0.320 e. The molecular weight excluding hydrogens is 336 g/mol. The number of aliphatic carboxylic acids is 1. The molecule has 2 aromatic rings. The zero-order valence-electron chi connectivity index (χ0n) is 14.4. The lowest BCUT2D eigenvalue weighted by Crippen LogP contribution is -2.43. The number of carbonyl (C=O) groups is 3. The van der Waals surface area contributed by atoms with Crippen molar-refractivity contribution in [3.63, 3.8) is 0 Å². The van der Waals surface area contributed by atoms with Crippen LogP contribution in [0.5, 0.6) is 0 Å². The molecule has 0 saturated heterocycles. The van der Waals surface area contributed by atoms with Crippen molar-refractivity contribution in [1.29, 1.82) is 0 Å². The van der Waals surface area contributed by atoms with Crippen LogP contribution in [0.15, 0.2) is 54.6 Å². The van der Waals surface area contributed by atoms with E-state index >= 15 is 0 Å². The molecule has 2 rings (SSSR count). The minimum Gasteiger partial charge on any atom is -0.480 e. The topological polar surface area (TPSA) is 71.4 Å². The van der Waals surface area contributed by atoms with Crippen molar-refractivity contribution >= 4 is 28.6 Å². The third kappa shape index (κ3) is 4.17. The SMILES string of the molecule is CC(=O)SC(C)(C(=O)O)C(C)C(=O)c1ccc(-c2ccccc2)cc1. The Morgan fingerprint density at radius 2 is 1.48 bits per heavy atom. The van der Waals surface area contributed by atoms with Gasteiger partial charge in [0, 0.05) is 18.4 Å². The zero-order chi connectivity index (χ0) is 18.6. The summed E-state index contributed by atoms with van der Waals surface area (Å²) in [5.74, 6) is -2.31. The van der Waals surface area contributed by atoms with Crippen LogP contribution in [-0.2, 0) is 9.59 Å². The molecule has 0 aliphatic rings. The van der Waals surface area contributed by atoms with Crippen molar-refractivity contribution in [3.05, 3.63) is 60.2 Å². The second kappa shape index (κ2) is 7.66. The molecule has 0 amide bonds. The van der Waals surface area contributed by atoms with Gasteiger partial charge in [-0.15, -0.1) is 0 Å². The van der Waals surface area contributed by atoms with Gasteiger partial charge in [0.2, 0.25) is 0 Å². The van der Waals surface area contributed by atoms with Gasteiger partial charge in [-0.2, -0.15) is 0 Å². The van der Waals surface area contributed by atoms with Gasteiger partial charge in [0.15, 0.2) is 10.9 Å². The quantitative estimate of drug-likeness (QED) is 0.782. The van der Waals surface area contributed by atoms with E-state index in [0.29, 0.717) is 17.3 Å². The van der Waals surface area contributed by atoms with E-state index < -0.39 is 16.6 Å². The summed E-state index contributed by atoms with van der Waals surface area (Å²) in [6, 6.07) is 16.8. The second-order valence-electron chi connectivity index (χ2n) is 6.04. The zero-order valence-corrected chi connectivity index (χ0v) is 15.2. The van der Waals surface area contributed by atoms with E-state index in [1.54, 1.807) is 19.1 Å². The Morgan fingerprint density at radius 1 is 0.960 bits per heavy atom. The fourth-order valence-electron chi connectivity index (χ4n) is 2.57. The summed E-state index contributed by atoms with van der Waals surface area (Å²) < 4.78 is -1.50. The highest BCUT2D eigenvalue weighted by atomic mass is 32.2. The minimum absolute atomic E-state index is 0.293. The van der Waals surface area contributed by atoms with Gasteiger partial charge in [0.1, 0.15) is 4.75 Å². The van der Waals surface area contributed by atoms with Crippen molar-refractivity contribution in [2.75, 3.05) is 0 Å². The molecule has 0 heterocycles. The molecule has 130 valence electrons. The van der Waals surface area contributed by atoms with Crippen LogP contribution < -0.4 is 0 Å². The van der Waals surface area contributed by atoms with Crippen LogP contribution in [0.25, 0.3) is 11.1 Å². The fraction of sp³-hybridized carbons (Fsp3) is 0.250. The molecule has 0 fully saturated rings. The minimum atomic E-state index is -1.50. The van der Waals surface area contributed by atoms with Crippen LogP contribution in [-0.4, -0.2) is 26.7 Å². The Kier molecular flexibility index (Phi) is 5.80. The molecule has 0 radical (unpaired) electrons. The number of Topliss-reactive ketones (excluding diaryl/α,β-unsaturated/α-hetero) is 1. The van der Waals surface area contributed by atoms with Crippen molar-refractivity contribution in [2.45, 2.75) is 25.5 Å². The van der Waals surface area contributed by atoms with Gasteiger partial charge in [-0.1, -0.05) is 73.3 Å². The first-order valence-electron chi connectivity index (χ1n) is 7.88. The van der Waals surface area contributed by atoms with E-state index in [2.05, 4.69) is 0 Å². The summed E-state index contributed by atoms with van der Waals surface area (Å²) in [6.45, 7) is 4.28. The highest BCUT2D eigenvalue weighted by Crippen LogP contribution is 2.36. The highest BCUT2D eigenvalue weighted by Gasteiger charge is 2.44. The molecular formula is C20H20O4S. The van der Waals surface area contributed by atoms with E-state index in [1.807, 2.05) is 42.5 Å². The Hall–Kier alpha value is -2.40. The largest absolute Gasteiger partial charge is 0.480 e. The molecule has 0 aliphatic carbocycles. The summed E-state index contributed by atoms with van der Waals surface area (Å²) in [6.07, 6.45) is 0. The number of thioether (sulfide) groups is 1. The monoisotopic (exact) mass is 356 g/mol. The van der Waals surface area contributed by atoms with Crippen LogP contribution in [0.2, 0.25) is 0 Å². The molecule has 2 atom stereocenters. The van der Waals surface area contributed by atoms with E-state index in [9.17, 15) is 19.5 Å². The molecule has 4 nitrogen and oxygen atoms in total. The van der Waals surface area contributed by atoms with Gasteiger partial charge in [-0.3, -0.25) is 14.4 Å². The number of carboxylic acid groups (broad SMARTS) is 1. The lowest BCUT2D eigenvalue weighted by molar-refractivity contribution is -0.140. The Balaban J connectivity index is 2.27. The van der Waals surface area contributed by atoms with Crippen LogP contribution in [0, 0.1) is 5.92 Å². The molecule has 0 aliphatic heterocycles. The Labute approximate surface area is 151 Å². The van der Waals surface area contributed by atoms with E-state index in [4.69, 9.17) is 0 Å². The highest BCUT2D eigenvalue weighted by molar-refractivity contribution is 8.15. The third-order valence-electron chi connectivity index (χ3n) is 4.28. The Morgan fingerprint density at radius 3 is 1.96 bits per heavy atom. The molecule has 0 aromatic heterocycles. The molecule has 2 unspecified atom stereocenters. The van der Waals surface area contributed by atoms with Crippen LogP contribution in [0.4, 0.5) is 0 Å². The first-order valence-corrected chi connectivity index (χ1v) is 8.70. The lowest BCUT2D eigenvalue weighted by Gasteiger charge is -2.28. The molecule has 2 aromatic carbocycles. The summed E-state index contributed by atoms with van der Waals surface area (Å²) in [5, 5.41) is 9.19. The maximum absolute atomic E-state index is 12.7. The summed E-state index contributed by atoms with van der Waals surface area (Å²) in [4.78, 5) is 35.8. The number of rotatable bonds is 6. The number of carboxylic acids is 1. The van der Waals surface area contributed by atoms with Gasteiger partial charge in [0.05, 0.1) is 0 Å². The first kappa shape index (κ1) is 18.9. The van der Waals surface area contributed by atoms with Crippen molar-refractivity contribution in [3.8, 4) is 11.1 Å². The van der Waals surface area contributed by atoms with Crippen LogP contribution in [0.1, 0.15) is 31.1 Å². The predicted octanol–water partition coefficient (Wildman–Crippen LogP) is 4.30. The fourth-order valence-corrected chi connectivity index (χ4v) is 3.54. The normalized spacial score (nSPS) is 14.4. The maximum atomic E-state index is 12.7. The molecule has 5 heteroatoms. The average Bonchev–Trinajstić information content (AvgIpc) is 2.60. The molecule has 0 saturated carbocycles.